The van der Waals surface area contributed by atoms with Gasteiger partial charge in [0.25, 0.3) is 0 Å². The van der Waals surface area contributed by atoms with Crippen molar-refractivity contribution in [2.45, 2.75) is 18.7 Å². The van der Waals surface area contributed by atoms with Crippen molar-refractivity contribution in [1.29, 1.82) is 0 Å². The second-order valence-electron chi connectivity index (χ2n) is 6.72. The predicted octanol–water partition coefficient (Wildman–Crippen LogP) is 3.81. The molecule has 0 heterocycles. The molecule has 6 nitrogen and oxygen atoms in total. The fourth-order valence-corrected chi connectivity index (χ4v) is 4.36. The zero-order chi connectivity index (χ0) is 21.0. The summed E-state index contributed by atoms with van der Waals surface area (Å²) < 4.78 is 33.0. The van der Waals surface area contributed by atoms with E-state index >= 15 is 0 Å². The van der Waals surface area contributed by atoms with E-state index in [0.29, 0.717) is 28.8 Å². The van der Waals surface area contributed by atoms with E-state index in [-0.39, 0.29) is 11.4 Å². The van der Waals surface area contributed by atoms with Gasteiger partial charge in [0.2, 0.25) is 15.9 Å². The molecular formula is C22H24N2O4S. The molecule has 0 saturated carbocycles. The Morgan fingerprint density at radius 1 is 1.00 bits per heavy atom. The lowest BCUT2D eigenvalue weighted by atomic mass is 10.1. The Bertz CT molecular complexity index is 1130. The van der Waals surface area contributed by atoms with Gasteiger partial charge in [-0.15, -0.1) is 0 Å². The van der Waals surface area contributed by atoms with Crippen LogP contribution in [-0.4, -0.2) is 38.8 Å². The normalized spacial score (nSPS) is 11.6. The van der Waals surface area contributed by atoms with Crippen molar-refractivity contribution >= 4 is 32.4 Å². The number of likely N-dealkylation sites (N-methyl/N-ethyl adjacent to an activating group) is 1. The summed E-state index contributed by atoms with van der Waals surface area (Å²) in [6, 6.07) is 17.7. The van der Waals surface area contributed by atoms with Gasteiger partial charge in [0.1, 0.15) is 5.75 Å². The number of benzene rings is 3. The van der Waals surface area contributed by atoms with Crippen LogP contribution >= 0.6 is 0 Å². The van der Waals surface area contributed by atoms with Crippen LogP contribution in [0.4, 0.5) is 5.69 Å². The van der Waals surface area contributed by atoms with Gasteiger partial charge in [0, 0.05) is 23.5 Å². The molecule has 0 bridgehead atoms. The number of ether oxygens (including phenoxy) is 1. The summed E-state index contributed by atoms with van der Waals surface area (Å²) in [6.45, 7) is 4.01. The third-order valence-electron chi connectivity index (χ3n) is 4.53. The molecule has 1 amide bonds. The number of nitrogens with zero attached hydrogens (tertiary/aromatic N) is 1. The van der Waals surface area contributed by atoms with Crippen molar-refractivity contribution < 1.29 is 17.9 Å². The topological polar surface area (TPSA) is 75.7 Å². The van der Waals surface area contributed by atoms with Gasteiger partial charge in [-0.3, -0.25) is 4.79 Å². The largest absolute Gasteiger partial charge is 0.493 e. The van der Waals surface area contributed by atoms with Crippen LogP contribution in [0.15, 0.2) is 65.6 Å². The molecule has 0 fully saturated rings. The number of carbonyl (C=O) groups excluding carboxylic acids is 1. The molecule has 3 aromatic carbocycles. The van der Waals surface area contributed by atoms with Crippen LogP contribution in [0.25, 0.3) is 10.8 Å². The van der Waals surface area contributed by atoms with Crippen LogP contribution in [0.2, 0.25) is 0 Å². The van der Waals surface area contributed by atoms with Gasteiger partial charge in [-0.05, 0) is 38.1 Å². The molecule has 0 spiro atoms. The van der Waals surface area contributed by atoms with E-state index in [0.717, 1.165) is 9.87 Å². The zero-order valence-electron chi connectivity index (χ0n) is 16.7. The average molecular weight is 413 g/mol. The Hall–Kier alpha value is -2.90. The first-order valence-corrected chi connectivity index (χ1v) is 10.7. The van der Waals surface area contributed by atoms with E-state index in [9.17, 15) is 13.2 Å². The van der Waals surface area contributed by atoms with Crippen molar-refractivity contribution in [1.82, 2.24) is 4.31 Å². The molecule has 1 N–H and O–H groups in total. The molecular weight excluding hydrogens is 388 g/mol. The average Bonchev–Trinajstić information content (AvgIpc) is 2.70. The number of hydrogen-bond acceptors (Lipinski definition) is 4. The van der Waals surface area contributed by atoms with Gasteiger partial charge in [-0.1, -0.05) is 42.0 Å². The standard InChI is InChI=1S/C22H24N2O4S/c1-4-28-20-13-14-21(19-8-6-5-7-18(19)20)29(26,27)24(3)15-22(25)23-17-11-9-16(2)10-12-17/h5-14H,4,15H2,1-3H3,(H,23,25). The Kier molecular flexibility index (Phi) is 6.20. The highest BCUT2D eigenvalue weighted by atomic mass is 32.2. The second-order valence-corrected chi connectivity index (χ2v) is 8.73. The smallest absolute Gasteiger partial charge is 0.243 e. The molecule has 3 rings (SSSR count). The number of anilines is 1. The molecule has 0 saturated heterocycles. The first-order valence-electron chi connectivity index (χ1n) is 9.30. The lowest BCUT2D eigenvalue weighted by Gasteiger charge is -2.19. The Balaban J connectivity index is 1.85. The van der Waals surface area contributed by atoms with Crippen molar-refractivity contribution in [2.24, 2.45) is 0 Å². The third kappa shape index (κ3) is 4.58. The number of nitrogens with one attached hydrogen (secondary N) is 1. The molecule has 152 valence electrons. The highest BCUT2D eigenvalue weighted by Gasteiger charge is 2.25. The van der Waals surface area contributed by atoms with Gasteiger partial charge < -0.3 is 10.1 Å². The quantitative estimate of drug-likeness (QED) is 0.640. The molecule has 0 radical (unpaired) electrons. The second kappa shape index (κ2) is 8.63. The molecule has 3 aromatic rings. The Labute approximate surface area is 171 Å². The van der Waals surface area contributed by atoms with E-state index < -0.39 is 15.9 Å². The predicted molar refractivity (Wildman–Crippen MR) is 115 cm³/mol. The maximum atomic E-state index is 13.2. The fourth-order valence-electron chi connectivity index (χ4n) is 3.04. The van der Waals surface area contributed by atoms with Crippen molar-refractivity contribution in [2.75, 3.05) is 25.5 Å². The van der Waals surface area contributed by atoms with Gasteiger partial charge in [0.15, 0.2) is 0 Å². The number of sulfonamides is 1. The molecule has 29 heavy (non-hydrogen) atoms. The number of hydrogen-bond donors (Lipinski definition) is 1. The lowest BCUT2D eigenvalue weighted by Crippen LogP contribution is -2.35. The van der Waals surface area contributed by atoms with E-state index in [1.54, 1.807) is 30.3 Å². The summed E-state index contributed by atoms with van der Waals surface area (Å²) in [5.74, 6) is 0.219. The minimum Gasteiger partial charge on any atom is -0.493 e. The fraction of sp³-hybridized carbons (Fsp3) is 0.227. The van der Waals surface area contributed by atoms with Crippen LogP contribution in [-0.2, 0) is 14.8 Å². The van der Waals surface area contributed by atoms with E-state index in [4.69, 9.17) is 4.74 Å². The van der Waals surface area contributed by atoms with Crippen LogP contribution in [0, 0.1) is 6.92 Å². The summed E-state index contributed by atoms with van der Waals surface area (Å²) in [5, 5.41) is 4.00. The zero-order valence-corrected chi connectivity index (χ0v) is 17.5. The molecule has 0 unspecified atom stereocenters. The molecule has 0 aliphatic carbocycles. The van der Waals surface area contributed by atoms with Crippen molar-refractivity contribution in [3.8, 4) is 5.75 Å². The highest BCUT2D eigenvalue weighted by molar-refractivity contribution is 7.89. The van der Waals surface area contributed by atoms with E-state index in [2.05, 4.69) is 5.32 Å². The molecule has 0 aliphatic rings. The summed E-state index contributed by atoms with van der Waals surface area (Å²) in [4.78, 5) is 12.5. The maximum absolute atomic E-state index is 13.2. The van der Waals surface area contributed by atoms with Crippen molar-refractivity contribution in [3.63, 3.8) is 0 Å². The van der Waals surface area contributed by atoms with Gasteiger partial charge in [-0.2, -0.15) is 4.31 Å². The molecule has 0 atom stereocenters. The Morgan fingerprint density at radius 2 is 1.66 bits per heavy atom. The van der Waals surface area contributed by atoms with E-state index in [1.165, 1.54) is 13.1 Å². The molecule has 7 heteroatoms. The Morgan fingerprint density at radius 3 is 2.31 bits per heavy atom. The SMILES string of the molecule is CCOc1ccc(S(=O)(=O)N(C)CC(=O)Nc2ccc(C)cc2)c2ccccc12. The summed E-state index contributed by atoms with van der Waals surface area (Å²) >= 11 is 0. The maximum Gasteiger partial charge on any atom is 0.243 e. The summed E-state index contributed by atoms with van der Waals surface area (Å²) in [5.41, 5.74) is 1.70. The third-order valence-corrected chi connectivity index (χ3v) is 6.40. The van der Waals surface area contributed by atoms with Gasteiger partial charge >= 0.3 is 0 Å². The number of aryl methyl sites for hydroxylation is 1. The highest BCUT2D eigenvalue weighted by Crippen LogP contribution is 2.32. The number of fused-ring (bicyclic) bond motifs is 1. The van der Waals surface area contributed by atoms with Crippen LogP contribution in [0.5, 0.6) is 5.75 Å². The van der Waals surface area contributed by atoms with Crippen molar-refractivity contribution in [3.05, 3.63) is 66.2 Å². The monoisotopic (exact) mass is 412 g/mol. The molecule has 0 aliphatic heterocycles. The van der Waals surface area contributed by atoms with Gasteiger partial charge in [0.05, 0.1) is 18.0 Å². The number of amides is 1. The summed E-state index contributed by atoms with van der Waals surface area (Å²) in [6.07, 6.45) is 0. The number of carbonyl (C=O) groups is 1. The van der Waals surface area contributed by atoms with Gasteiger partial charge in [-0.25, -0.2) is 8.42 Å². The van der Waals surface area contributed by atoms with Crippen LogP contribution in [0.3, 0.4) is 0 Å². The first kappa shape index (κ1) is 20.8. The lowest BCUT2D eigenvalue weighted by molar-refractivity contribution is -0.116. The minimum absolute atomic E-state index is 0.141. The van der Waals surface area contributed by atoms with Crippen LogP contribution < -0.4 is 10.1 Å². The first-order chi connectivity index (χ1) is 13.8. The van der Waals surface area contributed by atoms with Crippen LogP contribution in [0.1, 0.15) is 12.5 Å². The minimum atomic E-state index is -3.87. The van der Waals surface area contributed by atoms with E-state index in [1.807, 2.05) is 38.1 Å². The summed E-state index contributed by atoms with van der Waals surface area (Å²) in [7, 11) is -2.48. The molecule has 0 aromatic heterocycles. The number of rotatable bonds is 7.